The Kier molecular flexibility index (Phi) is 8.13. The minimum absolute atomic E-state index is 0.189. The molecule has 3 aliphatic rings. The van der Waals surface area contributed by atoms with Crippen molar-refractivity contribution in [2.45, 2.75) is 95.3 Å². The number of hydrogen-bond acceptors (Lipinski definition) is 6. The van der Waals surface area contributed by atoms with Gasteiger partial charge in [-0.1, -0.05) is 34.1 Å². The zero-order valence-corrected chi connectivity index (χ0v) is 24.2. The van der Waals surface area contributed by atoms with E-state index in [2.05, 4.69) is 15.4 Å². The molecular weight excluding hydrogens is 568 g/mol. The van der Waals surface area contributed by atoms with E-state index < -0.39 is 73.6 Å². The summed E-state index contributed by atoms with van der Waals surface area (Å²) in [6.45, 7) is 7.07. The van der Waals surface area contributed by atoms with Crippen LogP contribution in [0, 0.1) is 17.2 Å². The fourth-order valence-electron chi connectivity index (χ4n) is 5.42. The lowest BCUT2D eigenvalue weighted by atomic mass is 9.85. The van der Waals surface area contributed by atoms with Crippen LogP contribution in [0.4, 0.5) is 23.2 Å². The molecule has 4 rings (SSSR count). The minimum atomic E-state index is -4.79. The summed E-state index contributed by atoms with van der Waals surface area (Å²) in [5, 5.41) is 4.87. The molecule has 0 radical (unpaired) electrons. The zero-order chi connectivity index (χ0) is 30.5. The van der Waals surface area contributed by atoms with Gasteiger partial charge in [-0.2, -0.15) is 13.2 Å². The van der Waals surface area contributed by atoms with Crippen LogP contribution < -0.4 is 15.4 Å². The lowest BCUT2D eigenvalue weighted by molar-refractivity contribution is -0.141. The van der Waals surface area contributed by atoms with E-state index in [1.807, 2.05) is 6.92 Å². The molecule has 1 heterocycles. The molecule has 0 aromatic heterocycles. The molecule has 228 valence electrons. The fraction of sp³-hybridized carbons (Fsp3) is 0.667. The molecule has 3 fully saturated rings. The Morgan fingerprint density at radius 1 is 1.10 bits per heavy atom. The number of carbonyl (C=O) groups is 3. The van der Waals surface area contributed by atoms with Gasteiger partial charge in [0.2, 0.25) is 21.8 Å². The van der Waals surface area contributed by atoms with Gasteiger partial charge in [-0.25, -0.2) is 12.8 Å². The van der Waals surface area contributed by atoms with Crippen molar-refractivity contribution >= 4 is 33.4 Å². The van der Waals surface area contributed by atoms with Gasteiger partial charge in [-0.05, 0) is 61.6 Å². The zero-order valence-electron chi connectivity index (χ0n) is 23.4. The summed E-state index contributed by atoms with van der Waals surface area (Å²) in [6.07, 6.45) is -2.34. The van der Waals surface area contributed by atoms with E-state index in [4.69, 9.17) is 0 Å². The molecule has 0 spiro atoms. The fourth-order valence-corrected chi connectivity index (χ4v) is 6.78. The van der Waals surface area contributed by atoms with Crippen molar-refractivity contribution in [2.24, 2.45) is 11.3 Å². The molecule has 4 atom stereocenters. The van der Waals surface area contributed by atoms with Crippen LogP contribution in [-0.2, 0) is 30.6 Å². The number of carbonyl (C=O) groups excluding carboxylic acids is 3. The predicted octanol–water partition coefficient (Wildman–Crippen LogP) is 3.56. The Morgan fingerprint density at radius 3 is 2.29 bits per heavy atom. The largest absolute Gasteiger partial charge is 0.416 e. The lowest BCUT2D eigenvalue weighted by Gasteiger charge is -2.36. The molecule has 9 nitrogen and oxygen atoms in total. The number of benzene rings is 1. The monoisotopic (exact) mass is 604 g/mol. The van der Waals surface area contributed by atoms with Gasteiger partial charge in [-0.15, -0.1) is 0 Å². The molecule has 0 unspecified atom stereocenters. The molecule has 1 aromatic rings. The van der Waals surface area contributed by atoms with Crippen molar-refractivity contribution in [1.29, 1.82) is 0 Å². The van der Waals surface area contributed by atoms with Gasteiger partial charge in [-0.3, -0.25) is 19.1 Å². The molecule has 41 heavy (non-hydrogen) atoms. The number of halogens is 4. The number of nitrogens with one attached hydrogen (secondary N) is 3. The molecule has 0 bridgehead atoms. The summed E-state index contributed by atoms with van der Waals surface area (Å²) in [5.41, 5.74) is -3.70. The third-order valence-electron chi connectivity index (χ3n) is 8.04. The maximum absolute atomic E-state index is 14.1. The highest BCUT2D eigenvalue weighted by Gasteiger charge is 2.62. The molecule has 1 saturated heterocycles. The average molecular weight is 605 g/mol. The van der Waals surface area contributed by atoms with Crippen molar-refractivity contribution in [3.05, 3.63) is 29.6 Å². The maximum atomic E-state index is 14.1. The highest BCUT2D eigenvalue weighted by atomic mass is 32.2. The third-order valence-corrected chi connectivity index (χ3v) is 9.85. The Morgan fingerprint density at radius 2 is 1.76 bits per heavy atom. The molecule has 14 heteroatoms. The summed E-state index contributed by atoms with van der Waals surface area (Å²) in [6, 6.07) is -0.145. The molecule has 1 aromatic carbocycles. The Bertz CT molecular complexity index is 1330. The maximum Gasteiger partial charge on any atom is 0.416 e. The van der Waals surface area contributed by atoms with Crippen LogP contribution in [0.25, 0.3) is 0 Å². The number of alkyl halides is 3. The molecular formula is C27H36F4N4O5S. The van der Waals surface area contributed by atoms with Crippen molar-refractivity contribution in [3.8, 4) is 0 Å². The number of nitrogens with zero attached hydrogens (tertiary/aromatic N) is 1. The smallest absolute Gasteiger partial charge is 0.373 e. The van der Waals surface area contributed by atoms with Gasteiger partial charge >= 0.3 is 6.18 Å². The van der Waals surface area contributed by atoms with E-state index in [0.29, 0.717) is 31.7 Å². The van der Waals surface area contributed by atoms with Gasteiger partial charge in [0.25, 0.3) is 5.91 Å². The van der Waals surface area contributed by atoms with Crippen LogP contribution in [-0.4, -0.2) is 60.5 Å². The van der Waals surface area contributed by atoms with Gasteiger partial charge < -0.3 is 15.5 Å². The van der Waals surface area contributed by atoms with Crippen molar-refractivity contribution < 1.29 is 40.4 Å². The molecule has 1 aliphatic heterocycles. The predicted molar refractivity (Wildman–Crippen MR) is 142 cm³/mol. The van der Waals surface area contributed by atoms with Crippen LogP contribution in [0.5, 0.6) is 0 Å². The summed E-state index contributed by atoms with van der Waals surface area (Å²) in [5.74, 6) is -3.36. The quantitative estimate of drug-likeness (QED) is 0.371. The normalized spacial score (nSPS) is 25.4. The van der Waals surface area contributed by atoms with E-state index >= 15 is 0 Å². The van der Waals surface area contributed by atoms with Crippen LogP contribution in [0.3, 0.4) is 0 Å². The topological polar surface area (TPSA) is 125 Å². The Hall–Kier alpha value is -2.90. The number of likely N-dealkylation sites (tertiary alicyclic amines) is 1. The SMILES string of the molecule is CC[C@@H]1C[C@]1(NC(=O)[C@@H]1CCCN1C(=O)[C@@H](Nc1cc(F)cc(C(F)(F)F)c1)C(C)(C)C)C(=O)NS(=O)(=O)C1CC1. The Balaban J connectivity index is 1.53. The third kappa shape index (κ3) is 6.62. The second-order valence-corrected chi connectivity index (χ2v) is 14.3. The highest BCUT2D eigenvalue weighted by molar-refractivity contribution is 7.91. The van der Waals surface area contributed by atoms with Crippen LogP contribution >= 0.6 is 0 Å². The Labute approximate surface area is 236 Å². The number of anilines is 1. The summed E-state index contributed by atoms with van der Waals surface area (Å²) >= 11 is 0. The second kappa shape index (κ2) is 10.7. The first-order chi connectivity index (χ1) is 18.9. The van der Waals surface area contributed by atoms with Gasteiger partial charge in [0.05, 0.1) is 10.8 Å². The first kappa shape index (κ1) is 31.0. The van der Waals surface area contributed by atoms with Crippen LogP contribution in [0.15, 0.2) is 18.2 Å². The van der Waals surface area contributed by atoms with E-state index in [9.17, 15) is 40.4 Å². The van der Waals surface area contributed by atoms with E-state index in [-0.39, 0.29) is 31.0 Å². The first-order valence-corrected chi connectivity index (χ1v) is 15.3. The van der Waals surface area contributed by atoms with E-state index in [0.717, 1.165) is 12.1 Å². The second-order valence-electron chi connectivity index (χ2n) is 12.3. The van der Waals surface area contributed by atoms with Gasteiger partial charge in [0.15, 0.2) is 0 Å². The molecule has 2 saturated carbocycles. The van der Waals surface area contributed by atoms with Crippen LogP contribution in [0.1, 0.15) is 71.8 Å². The summed E-state index contributed by atoms with van der Waals surface area (Å²) in [7, 11) is -3.83. The number of hydrogen-bond donors (Lipinski definition) is 3. The van der Waals surface area contributed by atoms with E-state index in [1.54, 1.807) is 20.8 Å². The molecule has 3 amide bonds. The standard InChI is InChI=1S/C27H36F4N4O5S/c1-5-15-14-26(15,24(38)34-41(39,40)19-8-9-19)33-22(36)20-7-6-10-35(20)23(37)21(25(2,3)4)32-18-12-16(27(29,30)31)11-17(28)13-18/h11-13,15,19-21,32H,5-10,14H2,1-4H3,(H,33,36)(H,34,38)/t15-,20+,21-,26-/m1/s1. The van der Waals surface area contributed by atoms with Crippen molar-refractivity contribution in [3.63, 3.8) is 0 Å². The minimum Gasteiger partial charge on any atom is -0.373 e. The highest BCUT2D eigenvalue weighted by Crippen LogP contribution is 2.47. The molecule has 3 N–H and O–H groups in total. The summed E-state index contributed by atoms with van der Waals surface area (Å²) in [4.78, 5) is 41.7. The first-order valence-electron chi connectivity index (χ1n) is 13.7. The summed E-state index contributed by atoms with van der Waals surface area (Å²) < 4.78 is 80.8. The number of amides is 3. The van der Waals surface area contributed by atoms with Gasteiger partial charge in [0.1, 0.15) is 23.4 Å². The van der Waals surface area contributed by atoms with Crippen molar-refractivity contribution in [1.82, 2.24) is 14.9 Å². The molecule has 2 aliphatic carbocycles. The number of rotatable bonds is 9. The van der Waals surface area contributed by atoms with Crippen molar-refractivity contribution in [2.75, 3.05) is 11.9 Å². The lowest BCUT2D eigenvalue weighted by Crippen LogP contribution is -2.58. The van der Waals surface area contributed by atoms with Crippen LogP contribution in [0.2, 0.25) is 0 Å². The van der Waals surface area contributed by atoms with Gasteiger partial charge in [0, 0.05) is 12.2 Å². The van der Waals surface area contributed by atoms with E-state index in [1.165, 1.54) is 4.90 Å². The number of sulfonamides is 1. The average Bonchev–Trinajstić information content (AvgIpc) is 3.77.